The molecule has 0 saturated heterocycles. The second-order valence-corrected chi connectivity index (χ2v) is 6.49. The van der Waals surface area contributed by atoms with Gasteiger partial charge in [0, 0.05) is 17.4 Å². The fraction of sp³-hybridized carbons (Fsp3) is 0.150. The van der Waals surface area contributed by atoms with E-state index in [0.717, 1.165) is 28.8 Å². The minimum atomic E-state index is -0.617. The first kappa shape index (κ1) is 18.5. The van der Waals surface area contributed by atoms with Gasteiger partial charge in [-0.05, 0) is 49.2 Å². The lowest BCUT2D eigenvalue weighted by atomic mass is 10.1. The summed E-state index contributed by atoms with van der Waals surface area (Å²) in [4.78, 5) is 22.0. The van der Waals surface area contributed by atoms with E-state index >= 15 is 0 Å². The first-order chi connectivity index (χ1) is 13.9. The highest BCUT2D eigenvalue weighted by molar-refractivity contribution is 5.78. The van der Waals surface area contributed by atoms with Crippen molar-refractivity contribution >= 4 is 34.2 Å². The quantitative estimate of drug-likeness (QED) is 0.466. The number of anilines is 4. The number of fused-ring (bicyclic) bond motifs is 1. The summed E-state index contributed by atoms with van der Waals surface area (Å²) in [6.45, 7) is 3.94. The number of hydrogen-bond acceptors (Lipinski definition) is 7. The number of benzene rings is 2. The molecule has 0 spiro atoms. The van der Waals surface area contributed by atoms with Gasteiger partial charge >= 0.3 is 5.76 Å². The average molecular weight is 395 g/mol. The van der Waals surface area contributed by atoms with Gasteiger partial charge in [-0.25, -0.2) is 14.2 Å². The Labute approximate surface area is 164 Å². The third kappa shape index (κ3) is 3.75. The maximum Gasteiger partial charge on any atom is 0.417 e. The summed E-state index contributed by atoms with van der Waals surface area (Å²) in [6, 6.07) is 8.65. The van der Waals surface area contributed by atoms with E-state index in [9.17, 15) is 9.18 Å². The van der Waals surface area contributed by atoms with Crippen LogP contribution in [0.25, 0.3) is 11.1 Å². The van der Waals surface area contributed by atoms with E-state index in [-0.39, 0.29) is 11.8 Å². The Morgan fingerprint density at radius 1 is 1.14 bits per heavy atom. The van der Waals surface area contributed by atoms with Gasteiger partial charge in [-0.15, -0.1) is 0 Å². The Morgan fingerprint density at radius 3 is 2.76 bits per heavy atom. The standard InChI is InChI=1S/C20H18FN5O3/c1-10-6-13(8-17(28-3)11(10)2)24-19-22-9-14(21)18(26-19)23-12-4-5-16-15(7-12)25-20(27)29-16/h4-9H,1-3H3,(H,25,27)(H2,22,23,24,26). The van der Waals surface area contributed by atoms with Crippen molar-refractivity contribution in [2.75, 3.05) is 17.7 Å². The van der Waals surface area contributed by atoms with Crippen LogP contribution in [0.15, 0.2) is 45.7 Å². The molecule has 0 aliphatic rings. The highest BCUT2D eigenvalue weighted by atomic mass is 19.1. The van der Waals surface area contributed by atoms with Crippen LogP contribution < -0.4 is 21.1 Å². The van der Waals surface area contributed by atoms with E-state index < -0.39 is 11.6 Å². The first-order valence-electron chi connectivity index (χ1n) is 8.77. The smallest absolute Gasteiger partial charge is 0.417 e. The van der Waals surface area contributed by atoms with E-state index in [1.807, 2.05) is 26.0 Å². The molecule has 0 aliphatic heterocycles. The molecule has 3 N–H and O–H groups in total. The SMILES string of the molecule is COc1cc(Nc2ncc(F)c(Nc3ccc4oc(=O)[nH]c4c3)n2)cc(C)c1C. The van der Waals surface area contributed by atoms with Crippen LogP contribution in [-0.2, 0) is 0 Å². The first-order valence-corrected chi connectivity index (χ1v) is 8.77. The monoisotopic (exact) mass is 395 g/mol. The van der Waals surface area contributed by atoms with Crippen LogP contribution in [0.5, 0.6) is 5.75 Å². The molecule has 2 heterocycles. The predicted molar refractivity (Wildman–Crippen MR) is 108 cm³/mol. The van der Waals surface area contributed by atoms with Gasteiger partial charge in [0.2, 0.25) is 5.95 Å². The third-order valence-electron chi connectivity index (χ3n) is 4.52. The number of nitrogens with zero attached hydrogens (tertiary/aromatic N) is 2. The third-order valence-corrected chi connectivity index (χ3v) is 4.52. The van der Waals surface area contributed by atoms with Crippen LogP contribution in [0.2, 0.25) is 0 Å². The van der Waals surface area contributed by atoms with Gasteiger partial charge in [-0.2, -0.15) is 4.98 Å². The van der Waals surface area contributed by atoms with Crippen LogP contribution in [0.4, 0.5) is 27.5 Å². The number of H-pyrrole nitrogens is 1. The van der Waals surface area contributed by atoms with Crippen LogP contribution in [0.3, 0.4) is 0 Å². The summed E-state index contributed by atoms with van der Waals surface area (Å²) in [7, 11) is 1.60. The number of aromatic nitrogens is 3. The second-order valence-electron chi connectivity index (χ2n) is 6.49. The molecule has 0 amide bonds. The molecule has 0 aliphatic carbocycles. The van der Waals surface area contributed by atoms with Crippen molar-refractivity contribution in [2.45, 2.75) is 13.8 Å². The van der Waals surface area contributed by atoms with Gasteiger partial charge in [0.1, 0.15) is 5.75 Å². The maximum absolute atomic E-state index is 14.2. The highest BCUT2D eigenvalue weighted by Crippen LogP contribution is 2.28. The number of oxazole rings is 1. The Morgan fingerprint density at radius 2 is 1.97 bits per heavy atom. The molecule has 0 saturated carbocycles. The van der Waals surface area contributed by atoms with E-state index in [4.69, 9.17) is 9.15 Å². The van der Waals surface area contributed by atoms with Crippen LogP contribution in [0, 0.1) is 19.7 Å². The Balaban J connectivity index is 1.62. The van der Waals surface area contributed by atoms with Gasteiger partial charge in [-0.1, -0.05) is 0 Å². The molecule has 148 valence electrons. The number of aromatic amines is 1. The molecule has 4 aromatic rings. The molecule has 8 nitrogen and oxygen atoms in total. The minimum Gasteiger partial charge on any atom is -0.496 e. The second kappa shape index (κ2) is 7.27. The lowest BCUT2D eigenvalue weighted by molar-refractivity contribution is 0.411. The predicted octanol–water partition coefficient (Wildman–Crippen LogP) is 4.16. The number of rotatable bonds is 5. The van der Waals surface area contributed by atoms with Crippen molar-refractivity contribution in [3.63, 3.8) is 0 Å². The van der Waals surface area contributed by atoms with Crippen molar-refractivity contribution in [1.29, 1.82) is 0 Å². The lowest BCUT2D eigenvalue weighted by Crippen LogP contribution is -2.04. The summed E-state index contributed by atoms with van der Waals surface area (Å²) in [5, 5.41) is 5.95. The molecule has 2 aromatic heterocycles. The summed E-state index contributed by atoms with van der Waals surface area (Å²) in [5.41, 5.74) is 4.23. The van der Waals surface area contributed by atoms with Crippen LogP contribution >= 0.6 is 0 Å². The molecule has 0 fully saturated rings. The van der Waals surface area contributed by atoms with Gasteiger partial charge in [0.05, 0.1) is 18.8 Å². The molecule has 0 bridgehead atoms. The van der Waals surface area contributed by atoms with Crippen molar-refractivity contribution < 1.29 is 13.5 Å². The molecular weight excluding hydrogens is 377 g/mol. The summed E-state index contributed by atoms with van der Waals surface area (Å²) in [6.07, 6.45) is 1.08. The van der Waals surface area contributed by atoms with E-state index in [1.165, 1.54) is 0 Å². The van der Waals surface area contributed by atoms with E-state index in [2.05, 4.69) is 25.6 Å². The van der Waals surface area contributed by atoms with Crippen LogP contribution in [-0.4, -0.2) is 22.1 Å². The largest absolute Gasteiger partial charge is 0.496 e. The lowest BCUT2D eigenvalue weighted by Gasteiger charge is -2.13. The Hall–Kier alpha value is -3.88. The molecule has 0 atom stereocenters. The summed E-state index contributed by atoms with van der Waals surface area (Å²) >= 11 is 0. The average Bonchev–Trinajstić information content (AvgIpc) is 3.06. The van der Waals surface area contributed by atoms with Gasteiger partial charge < -0.3 is 19.8 Å². The summed E-state index contributed by atoms with van der Waals surface area (Å²) in [5.74, 6) is -0.231. The van der Waals surface area contributed by atoms with Crippen molar-refractivity contribution in [3.8, 4) is 5.75 Å². The normalized spacial score (nSPS) is 10.9. The molecule has 29 heavy (non-hydrogen) atoms. The number of methoxy groups -OCH3 is 1. The van der Waals surface area contributed by atoms with E-state index in [0.29, 0.717) is 16.8 Å². The zero-order chi connectivity index (χ0) is 20.5. The minimum absolute atomic E-state index is 0.0107. The van der Waals surface area contributed by atoms with Crippen molar-refractivity contribution in [3.05, 3.63) is 64.0 Å². The van der Waals surface area contributed by atoms with Gasteiger partial charge in [0.15, 0.2) is 17.2 Å². The van der Waals surface area contributed by atoms with Crippen molar-refractivity contribution in [2.24, 2.45) is 0 Å². The van der Waals surface area contributed by atoms with Crippen LogP contribution in [0.1, 0.15) is 11.1 Å². The Bertz CT molecular complexity index is 1260. The highest BCUT2D eigenvalue weighted by Gasteiger charge is 2.11. The Kier molecular flexibility index (Phi) is 4.63. The van der Waals surface area contributed by atoms with Gasteiger partial charge in [0.25, 0.3) is 0 Å². The summed E-state index contributed by atoms with van der Waals surface area (Å²) < 4.78 is 24.6. The fourth-order valence-corrected chi connectivity index (χ4v) is 2.92. The maximum atomic E-state index is 14.2. The molecule has 2 aromatic carbocycles. The zero-order valence-corrected chi connectivity index (χ0v) is 16.0. The molecule has 0 unspecified atom stereocenters. The topological polar surface area (TPSA) is 105 Å². The molecule has 4 rings (SSSR count). The fourth-order valence-electron chi connectivity index (χ4n) is 2.92. The zero-order valence-electron chi connectivity index (χ0n) is 16.0. The van der Waals surface area contributed by atoms with Crippen molar-refractivity contribution in [1.82, 2.24) is 15.0 Å². The number of halogens is 1. The van der Waals surface area contributed by atoms with E-state index in [1.54, 1.807) is 25.3 Å². The molecule has 9 heteroatoms. The molecular formula is C20H18FN5O3. The number of nitrogens with one attached hydrogen (secondary N) is 3. The number of hydrogen-bond donors (Lipinski definition) is 3. The molecule has 0 radical (unpaired) electrons. The number of ether oxygens (including phenoxy) is 1. The van der Waals surface area contributed by atoms with Gasteiger partial charge in [-0.3, -0.25) is 4.98 Å². The number of aryl methyl sites for hydroxylation is 1.